The lowest BCUT2D eigenvalue weighted by Gasteiger charge is -2.07. The van der Waals surface area contributed by atoms with Gasteiger partial charge < -0.3 is 9.88 Å². The number of aromatic nitrogens is 2. The van der Waals surface area contributed by atoms with Crippen molar-refractivity contribution < 1.29 is 0 Å². The van der Waals surface area contributed by atoms with Crippen molar-refractivity contribution in [1.29, 1.82) is 0 Å². The lowest BCUT2D eigenvalue weighted by atomic mass is 10.1. The third kappa shape index (κ3) is 3.67. The Hall–Kier alpha value is -0.250. The SMILES string of the molecule is CC(C)CCNCc1c(Cl)nc(Cl)n1C. The van der Waals surface area contributed by atoms with Crippen LogP contribution in [0.4, 0.5) is 0 Å². The summed E-state index contributed by atoms with van der Waals surface area (Å²) in [5.74, 6) is 0.711. The Labute approximate surface area is 101 Å². The molecule has 1 rings (SSSR count). The normalized spacial score (nSPS) is 11.3. The monoisotopic (exact) mass is 249 g/mol. The van der Waals surface area contributed by atoms with Crippen molar-refractivity contribution in [3.05, 3.63) is 16.1 Å². The lowest BCUT2D eigenvalue weighted by molar-refractivity contribution is 0.531. The molecule has 0 radical (unpaired) electrons. The number of nitrogens with one attached hydrogen (secondary N) is 1. The standard InChI is InChI=1S/C10H17Cl2N3/c1-7(2)4-5-13-6-8-9(11)14-10(12)15(8)3/h7,13H,4-6H2,1-3H3. The van der Waals surface area contributed by atoms with Crippen LogP contribution in [0.2, 0.25) is 10.4 Å². The molecule has 0 saturated carbocycles. The van der Waals surface area contributed by atoms with E-state index < -0.39 is 0 Å². The van der Waals surface area contributed by atoms with Crippen molar-refractivity contribution >= 4 is 23.2 Å². The van der Waals surface area contributed by atoms with Crippen LogP contribution in [0.1, 0.15) is 26.0 Å². The molecule has 0 aromatic carbocycles. The molecule has 5 heteroatoms. The lowest BCUT2D eigenvalue weighted by Crippen LogP contribution is -2.18. The largest absolute Gasteiger partial charge is 0.319 e. The summed E-state index contributed by atoms with van der Waals surface area (Å²) in [7, 11) is 1.86. The predicted octanol–water partition coefficient (Wildman–Crippen LogP) is 2.86. The molecule has 1 heterocycles. The first-order chi connectivity index (χ1) is 7.02. The summed E-state index contributed by atoms with van der Waals surface area (Å²) in [5.41, 5.74) is 0.936. The predicted molar refractivity (Wildman–Crippen MR) is 64.4 cm³/mol. The second-order valence-electron chi connectivity index (χ2n) is 4.04. The van der Waals surface area contributed by atoms with Crippen LogP contribution in [0.15, 0.2) is 0 Å². The number of hydrogen-bond donors (Lipinski definition) is 1. The van der Waals surface area contributed by atoms with Crippen LogP contribution < -0.4 is 5.32 Å². The third-order valence-electron chi connectivity index (χ3n) is 2.30. The quantitative estimate of drug-likeness (QED) is 0.814. The smallest absolute Gasteiger partial charge is 0.204 e. The minimum absolute atomic E-state index is 0.431. The van der Waals surface area contributed by atoms with Crippen LogP contribution in [0.3, 0.4) is 0 Å². The van der Waals surface area contributed by atoms with E-state index in [0.29, 0.717) is 22.9 Å². The molecular weight excluding hydrogens is 233 g/mol. The zero-order chi connectivity index (χ0) is 11.4. The molecule has 0 aliphatic rings. The molecule has 0 unspecified atom stereocenters. The van der Waals surface area contributed by atoms with Gasteiger partial charge in [-0.15, -0.1) is 0 Å². The highest BCUT2D eigenvalue weighted by Gasteiger charge is 2.10. The van der Waals surface area contributed by atoms with E-state index >= 15 is 0 Å². The molecule has 3 nitrogen and oxygen atoms in total. The molecule has 0 amide bonds. The zero-order valence-corrected chi connectivity index (χ0v) is 10.9. The maximum atomic E-state index is 5.94. The summed E-state index contributed by atoms with van der Waals surface area (Å²) in [6.07, 6.45) is 1.16. The maximum absolute atomic E-state index is 5.94. The number of hydrogen-bond acceptors (Lipinski definition) is 2. The number of imidazole rings is 1. The number of halogens is 2. The second kappa shape index (κ2) is 5.73. The fourth-order valence-electron chi connectivity index (χ4n) is 1.26. The molecule has 1 aromatic heterocycles. The van der Waals surface area contributed by atoms with Crippen molar-refractivity contribution in [1.82, 2.24) is 14.9 Å². The van der Waals surface area contributed by atoms with E-state index in [1.807, 2.05) is 7.05 Å². The van der Waals surface area contributed by atoms with E-state index in [0.717, 1.165) is 18.7 Å². The minimum atomic E-state index is 0.431. The minimum Gasteiger partial charge on any atom is -0.319 e. The Kier molecular flexibility index (Phi) is 4.90. The molecule has 15 heavy (non-hydrogen) atoms. The number of nitrogens with zero attached hydrogens (tertiary/aromatic N) is 2. The Morgan fingerprint density at radius 3 is 2.53 bits per heavy atom. The molecule has 0 saturated heterocycles. The Balaban J connectivity index is 2.44. The van der Waals surface area contributed by atoms with Gasteiger partial charge in [0, 0.05) is 13.6 Å². The van der Waals surface area contributed by atoms with Crippen molar-refractivity contribution in [2.75, 3.05) is 6.54 Å². The topological polar surface area (TPSA) is 29.9 Å². The van der Waals surface area contributed by atoms with E-state index in [4.69, 9.17) is 23.2 Å². The molecule has 1 aromatic rings. The van der Waals surface area contributed by atoms with Gasteiger partial charge in [-0.1, -0.05) is 25.4 Å². The van der Waals surface area contributed by atoms with E-state index in [1.165, 1.54) is 0 Å². The van der Waals surface area contributed by atoms with Gasteiger partial charge in [-0.2, -0.15) is 0 Å². The molecule has 0 aliphatic carbocycles. The van der Waals surface area contributed by atoms with Gasteiger partial charge in [-0.3, -0.25) is 0 Å². The molecule has 0 aliphatic heterocycles. The average Bonchev–Trinajstić information content (AvgIpc) is 2.37. The van der Waals surface area contributed by atoms with Gasteiger partial charge in [-0.05, 0) is 30.5 Å². The highest BCUT2D eigenvalue weighted by atomic mass is 35.5. The van der Waals surface area contributed by atoms with E-state index in [-0.39, 0.29) is 0 Å². The maximum Gasteiger partial charge on any atom is 0.204 e. The van der Waals surface area contributed by atoms with Crippen LogP contribution in [0.25, 0.3) is 0 Å². The summed E-state index contributed by atoms with van der Waals surface area (Å²) in [4.78, 5) is 3.98. The second-order valence-corrected chi connectivity index (χ2v) is 4.73. The van der Waals surface area contributed by atoms with Gasteiger partial charge >= 0.3 is 0 Å². The molecule has 0 fully saturated rings. The molecule has 0 bridgehead atoms. The van der Waals surface area contributed by atoms with Gasteiger partial charge in [0.05, 0.1) is 5.69 Å². The van der Waals surface area contributed by atoms with Gasteiger partial charge in [0.25, 0.3) is 0 Å². The van der Waals surface area contributed by atoms with Crippen molar-refractivity contribution in [3.8, 4) is 0 Å². The van der Waals surface area contributed by atoms with Crippen LogP contribution >= 0.6 is 23.2 Å². The molecule has 1 N–H and O–H groups in total. The highest BCUT2D eigenvalue weighted by molar-refractivity contribution is 6.32. The van der Waals surface area contributed by atoms with E-state index in [1.54, 1.807) is 4.57 Å². The third-order valence-corrected chi connectivity index (χ3v) is 2.94. The van der Waals surface area contributed by atoms with Crippen LogP contribution in [-0.2, 0) is 13.6 Å². The molecule has 0 atom stereocenters. The van der Waals surface area contributed by atoms with Crippen molar-refractivity contribution in [2.24, 2.45) is 13.0 Å². The first-order valence-electron chi connectivity index (χ1n) is 5.09. The Morgan fingerprint density at radius 2 is 2.07 bits per heavy atom. The van der Waals surface area contributed by atoms with E-state index in [9.17, 15) is 0 Å². The fraction of sp³-hybridized carbons (Fsp3) is 0.700. The van der Waals surface area contributed by atoms with Gasteiger partial charge in [-0.25, -0.2) is 4.98 Å². The first kappa shape index (κ1) is 12.8. The summed E-state index contributed by atoms with van der Waals surface area (Å²) in [5, 5.41) is 4.24. The van der Waals surface area contributed by atoms with Gasteiger partial charge in [0.1, 0.15) is 0 Å². The summed E-state index contributed by atoms with van der Waals surface area (Å²) in [6.45, 7) is 6.10. The van der Waals surface area contributed by atoms with Crippen LogP contribution in [-0.4, -0.2) is 16.1 Å². The molecule has 86 valence electrons. The van der Waals surface area contributed by atoms with E-state index in [2.05, 4.69) is 24.1 Å². The Bertz CT molecular complexity index is 321. The zero-order valence-electron chi connectivity index (χ0n) is 9.35. The molecule has 0 spiro atoms. The van der Waals surface area contributed by atoms with Crippen LogP contribution in [0, 0.1) is 5.92 Å². The summed E-state index contributed by atoms with van der Waals surface area (Å²) in [6, 6.07) is 0. The van der Waals surface area contributed by atoms with Crippen molar-refractivity contribution in [2.45, 2.75) is 26.8 Å². The first-order valence-corrected chi connectivity index (χ1v) is 5.85. The summed E-state index contributed by atoms with van der Waals surface area (Å²) >= 11 is 11.8. The van der Waals surface area contributed by atoms with Gasteiger partial charge in [0.15, 0.2) is 5.15 Å². The average molecular weight is 250 g/mol. The molecular formula is C10H17Cl2N3. The Morgan fingerprint density at radius 1 is 1.40 bits per heavy atom. The highest BCUT2D eigenvalue weighted by Crippen LogP contribution is 2.18. The number of rotatable bonds is 5. The van der Waals surface area contributed by atoms with Crippen molar-refractivity contribution in [3.63, 3.8) is 0 Å². The van der Waals surface area contributed by atoms with Crippen LogP contribution in [0.5, 0.6) is 0 Å². The fourth-order valence-corrected chi connectivity index (χ4v) is 1.76. The van der Waals surface area contributed by atoms with Gasteiger partial charge in [0.2, 0.25) is 5.28 Å². The summed E-state index contributed by atoms with van der Waals surface area (Å²) < 4.78 is 1.80.